The van der Waals surface area contributed by atoms with Crippen molar-refractivity contribution in [2.24, 2.45) is 0 Å². The first-order chi connectivity index (χ1) is 12.0. The van der Waals surface area contributed by atoms with Gasteiger partial charge in [0.25, 0.3) is 0 Å². The van der Waals surface area contributed by atoms with E-state index in [-0.39, 0.29) is 29.8 Å². The van der Waals surface area contributed by atoms with E-state index in [1.165, 1.54) is 7.11 Å². The summed E-state index contributed by atoms with van der Waals surface area (Å²) in [6.07, 6.45) is -0.658. The molecule has 0 unspecified atom stereocenters. The van der Waals surface area contributed by atoms with Crippen molar-refractivity contribution in [1.82, 2.24) is 20.6 Å². The van der Waals surface area contributed by atoms with Crippen LogP contribution in [0.2, 0.25) is 10.4 Å². The van der Waals surface area contributed by atoms with Crippen molar-refractivity contribution in [3.05, 3.63) is 16.1 Å². The zero-order valence-corrected chi connectivity index (χ0v) is 16.5. The van der Waals surface area contributed by atoms with Crippen LogP contribution in [0.5, 0.6) is 0 Å². The Hall–Kier alpha value is -2.00. The molecule has 146 valence electrons. The molecule has 0 fully saturated rings. The number of nitrogens with zero attached hydrogens (tertiary/aromatic N) is 1. The Balaban J connectivity index is 2.54. The Morgan fingerprint density at radius 2 is 1.92 bits per heavy atom. The number of methoxy groups -OCH3 is 1. The summed E-state index contributed by atoms with van der Waals surface area (Å²) in [7, 11) is 1.20. The van der Waals surface area contributed by atoms with Crippen LogP contribution in [0.25, 0.3) is 0 Å². The summed E-state index contributed by atoms with van der Waals surface area (Å²) in [5.74, 6) is -1.11. The molecule has 26 heavy (non-hydrogen) atoms. The van der Waals surface area contributed by atoms with Gasteiger partial charge in [-0.15, -0.1) is 0 Å². The van der Waals surface area contributed by atoms with Crippen LogP contribution in [-0.4, -0.2) is 53.2 Å². The Morgan fingerprint density at radius 3 is 2.42 bits per heavy atom. The normalized spacial score (nSPS) is 12.2. The number of aromatic nitrogens is 2. The maximum Gasteiger partial charge on any atom is 0.407 e. The second kappa shape index (κ2) is 9.63. The molecule has 2 amide bonds. The molecule has 1 rings (SSSR count). The van der Waals surface area contributed by atoms with Gasteiger partial charge in [0.1, 0.15) is 11.6 Å². The third kappa shape index (κ3) is 7.92. The number of H-pyrrole nitrogens is 1. The fraction of sp³-hybridized carbons (Fsp3) is 0.600. The first-order valence-electron chi connectivity index (χ1n) is 7.75. The number of imidazole rings is 1. The van der Waals surface area contributed by atoms with E-state index in [0.29, 0.717) is 5.69 Å². The molecule has 0 bridgehead atoms. The van der Waals surface area contributed by atoms with E-state index in [0.717, 1.165) is 0 Å². The van der Waals surface area contributed by atoms with Crippen molar-refractivity contribution in [2.45, 2.75) is 45.3 Å². The Morgan fingerprint density at radius 1 is 1.27 bits per heavy atom. The molecule has 0 aliphatic heterocycles. The van der Waals surface area contributed by atoms with Crippen LogP contribution in [-0.2, 0) is 25.5 Å². The minimum absolute atomic E-state index is 0.0243. The van der Waals surface area contributed by atoms with E-state index in [4.69, 9.17) is 27.9 Å². The van der Waals surface area contributed by atoms with Crippen molar-refractivity contribution in [3.63, 3.8) is 0 Å². The summed E-state index contributed by atoms with van der Waals surface area (Å²) < 4.78 is 9.73. The number of alkyl carbamates (subject to hydrolysis) is 1. The van der Waals surface area contributed by atoms with Gasteiger partial charge in [-0.1, -0.05) is 11.6 Å². The number of carbonyl (C=O) groups excluding carboxylic acids is 3. The highest BCUT2D eigenvalue weighted by Crippen LogP contribution is 2.17. The molecule has 1 atom stereocenters. The zero-order valence-electron chi connectivity index (χ0n) is 14.9. The molecular weight excluding hydrogens is 387 g/mol. The van der Waals surface area contributed by atoms with Crippen LogP contribution in [0.1, 0.15) is 32.9 Å². The lowest BCUT2D eigenvalue weighted by Gasteiger charge is -2.20. The van der Waals surface area contributed by atoms with Gasteiger partial charge in [-0.3, -0.25) is 4.79 Å². The van der Waals surface area contributed by atoms with Gasteiger partial charge in [0.05, 0.1) is 12.8 Å². The Bertz CT molecular complexity index is 657. The predicted molar refractivity (Wildman–Crippen MR) is 95.1 cm³/mol. The van der Waals surface area contributed by atoms with Crippen molar-refractivity contribution < 1.29 is 23.9 Å². The van der Waals surface area contributed by atoms with Crippen LogP contribution in [0, 0.1) is 0 Å². The minimum Gasteiger partial charge on any atom is -0.467 e. The largest absolute Gasteiger partial charge is 0.467 e. The second-order valence-electron chi connectivity index (χ2n) is 6.32. The van der Waals surface area contributed by atoms with E-state index >= 15 is 0 Å². The Labute approximate surface area is 161 Å². The van der Waals surface area contributed by atoms with Crippen LogP contribution >= 0.6 is 23.2 Å². The number of hydrogen-bond acceptors (Lipinski definition) is 6. The van der Waals surface area contributed by atoms with Crippen molar-refractivity contribution in [2.75, 3.05) is 13.7 Å². The first kappa shape index (κ1) is 22.0. The standard InChI is InChI=1S/C15H22Cl2N4O5/c1-15(2,3)26-14(24)18-6-5-10(22)19-9(12(23)25-4)7-8-11(16)21-13(17)20-8/h9H,5-7H2,1-4H3,(H,18,24)(H,19,22)(H,20,21)/t9-/m0/s1. The molecule has 3 N–H and O–H groups in total. The summed E-state index contributed by atoms with van der Waals surface area (Å²) in [5.41, 5.74) is -0.244. The van der Waals surface area contributed by atoms with E-state index in [1.54, 1.807) is 20.8 Å². The van der Waals surface area contributed by atoms with E-state index in [9.17, 15) is 14.4 Å². The lowest BCUT2D eigenvalue weighted by molar-refractivity contribution is -0.145. The van der Waals surface area contributed by atoms with Gasteiger partial charge in [0, 0.05) is 19.4 Å². The van der Waals surface area contributed by atoms with Crippen LogP contribution in [0.3, 0.4) is 0 Å². The summed E-state index contributed by atoms with van der Waals surface area (Å²) in [5, 5.41) is 5.15. The molecule has 0 aliphatic rings. The molecule has 0 aromatic carbocycles. The number of halogens is 2. The molecule has 11 heteroatoms. The molecule has 1 heterocycles. The SMILES string of the molecule is COC(=O)[C@H](Cc1[nH]c(Cl)nc1Cl)NC(=O)CCNC(=O)OC(C)(C)C. The maximum absolute atomic E-state index is 12.0. The number of ether oxygens (including phenoxy) is 2. The average molecular weight is 409 g/mol. The molecule has 0 spiro atoms. The maximum atomic E-state index is 12.0. The summed E-state index contributed by atoms with van der Waals surface area (Å²) in [4.78, 5) is 41.9. The van der Waals surface area contributed by atoms with E-state index in [2.05, 4.69) is 25.3 Å². The van der Waals surface area contributed by atoms with Crippen molar-refractivity contribution in [1.29, 1.82) is 0 Å². The lowest BCUT2D eigenvalue weighted by Crippen LogP contribution is -2.44. The smallest absolute Gasteiger partial charge is 0.407 e. The number of hydrogen-bond donors (Lipinski definition) is 3. The van der Waals surface area contributed by atoms with Crippen LogP contribution in [0.4, 0.5) is 4.79 Å². The van der Waals surface area contributed by atoms with Gasteiger partial charge in [-0.05, 0) is 32.4 Å². The number of rotatable bonds is 7. The fourth-order valence-corrected chi connectivity index (χ4v) is 2.34. The number of nitrogens with one attached hydrogen (secondary N) is 3. The average Bonchev–Trinajstić information content (AvgIpc) is 2.81. The molecule has 0 radical (unpaired) electrons. The summed E-state index contributed by atoms with van der Waals surface area (Å²) >= 11 is 11.6. The van der Waals surface area contributed by atoms with Crippen LogP contribution < -0.4 is 10.6 Å². The number of carbonyl (C=O) groups is 3. The van der Waals surface area contributed by atoms with Gasteiger partial charge in [-0.25, -0.2) is 14.6 Å². The molecule has 0 saturated carbocycles. The molecule has 0 saturated heterocycles. The third-order valence-electron chi connectivity index (χ3n) is 2.95. The van der Waals surface area contributed by atoms with Gasteiger partial charge >= 0.3 is 12.1 Å². The predicted octanol–water partition coefficient (Wildman–Crippen LogP) is 1.83. The first-order valence-corrected chi connectivity index (χ1v) is 8.51. The highest BCUT2D eigenvalue weighted by molar-refractivity contribution is 6.32. The minimum atomic E-state index is -0.983. The third-order valence-corrected chi connectivity index (χ3v) is 3.44. The Kier molecular flexibility index (Phi) is 8.16. The number of aromatic amines is 1. The summed E-state index contributed by atoms with van der Waals surface area (Å²) in [6.45, 7) is 5.23. The second-order valence-corrected chi connectivity index (χ2v) is 7.04. The fourth-order valence-electron chi connectivity index (χ4n) is 1.89. The monoisotopic (exact) mass is 408 g/mol. The van der Waals surface area contributed by atoms with Crippen molar-refractivity contribution in [3.8, 4) is 0 Å². The van der Waals surface area contributed by atoms with E-state index < -0.39 is 29.6 Å². The molecule has 0 aliphatic carbocycles. The number of esters is 1. The van der Waals surface area contributed by atoms with Gasteiger partial charge < -0.3 is 25.1 Å². The quantitative estimate of drug-likeness (QED) is 0.591. The van der Waals surface area contributed by atoms with Crippen LogP contribution in [0.15, 0.2) is 0 Å². The topological polar surface area (TPSA) is 122 Å². The highest BCUT2D eigenvalue weighted by Gasteiger charge is 2.24. The van der Waals surface area contributed by atoms with E-state index in [1.807, 2.05) is 0 Å². The number of amides is 2. The summed E-state index contributed by atoms with van der Waals surface area (Å²) in [6, 6.07) is -0.983. The van der Waals surface area contributed by atoms with Gasteiger partial charge in [-0.2, -0.15) is 0 Å². The van der Waals surface area contributed by atoms with Gasteiger partial charge in [0.2, 0.25) is 11.2 Å². The molecule has 1 aromatic heterocycles. The molecule has 9 nitrogen and oxygen atoms in total. The molecule has 1 aromatic rings. The lowest BCUT2D eigenvalue weighted by atomic mass is 10.1. The molecular formula is C15H22Cl2N4O5. The zero-order chi connectivity index (χ0) is 19.9. The van der Waals surface area contributed by atoms with Crippen molar-refractivity contribution >= 4 is 41.2 Å². The highest BCUT2D eigenvalue weighted by atomic mass is 35.5. The van der Waals surface area contributed by atoms with Gasteiger partial charge in [0.15, 0.2) is 5.15 Å².